The van der Waals surface area contributed by atoms with Crippen LogP contribution < -0.4 is 0 Å². The van der Waals surface area contributed by atoms with Crippen LogP contribution in [-0.4, -0.2) is 19.1 Å². The summed E-state index contributed by atoms with van der Waals surface area (Å²) in [7, 11) is 0. The molecule has 280 valence electrons. The van der Waals surface area contributed by atoms with E-state index in [1.165, 1.54) is 54.5 Å². The van der Waals surface area contributed by atoms with E-state index in [1.807, 2.05) is 6.07 Å². The van der Waals surface area contributed by atoms with Crippen LogP contribution in [0.4, 0.5) is 0 Å². The van der Waals surface area contributed by atoms with E-state index in [2.05, 4.69) is 221 Å². The third-order valence-corrected chi connectivity index (χ3v) is 11.9. The minimum Gasteiger partial charge on any atom is -0.309 e. The van der Waals surface area contributed by atoms with Gasteiger partial charge in [-0.25, -0.2) is 9.97 Å². The molecule has 12 rings (SSSR count). The average molecular weight is 765 g/mol. The fraction of sp³-hybridized carbons (Fsp3) is 0. The smallest absolute Gasteiger partial charge is 0.162 e. The molecule has 60 heavy (non-hydrogen) atoms. The first kappa shape index (κ1) is 34.0. The topological polar surface area (TPSA) is 35.6 Å². The summed E-state index contributed by atoms with van der Waals surface area (Å²) in [6, 6.07) is 77.9. The first-order valence-corrected chi connectivity index (χ1v) is 20.4. The molecule has 3 heterocycles. The lowest BCUT2D eigenvalue weighted by molar-refractivity contribution is 1.14. The monoisotopic (exact) mass is 764 g/mol. The van der Waals surface area contributed by atoms with Gasteiger partial charge in [0.25, 0.3) is 0 Å². The van der Waals surface area contributed by atoms with Gasteiger partial charge in [0.1, 0.15) is 0 Å². The van der Waals surface area contributed by atoms with Crippen LogP contribution in [0.25, 0.3) is 111 Å². The molecule has 0 spiro atoms. The number of fused-ring (bicyclic) bond motifs is 8. The molecule has 0 radical (unpaired) electrons. The molecule has 0 saturated carbocycles. The van der Waals surface area contributed by atoms with Crippen LogP contribution in [-0.2, 0) is 0 Å². The lowest BCUT2D eigenvalue weighted by Crippen LogP contribution is -2.01. The fourth-order valence-electron chi connectivity index (χ4n) is 9.25. The maximum atomic E-state index is 5.37. The summed E-state index contributed by atoms with van der Waals surface area (Å²) in [5.74, 6) is 0.677. The van der Waals surface area contributed by atoms with Gasteiger partial charge in [0.2, 0.25) is 0 Å². The Hall–Kier alpha value is -8.08. The first-order chi connectivity index (χ1) is 29.8. The van der Waals surface area contributed by atoms with Gasteiger partial charge in [-0.1, -0.05) is 164 Å². The molecule has 0 aliphatic heterocycles. The third-order valence-electron chi connectivity index (χ3n) is 11.9. The second-order valence-electron chi connectivity index (χ2n) is 15.3. The molecular weight excluding hydrogens is 729 g/mol. The Labute approximate surface area is 346 Å². The van der Waals surface area contributed by atoms with Crippen molar-refractivity contribution in [2.75, 3.05) is 0 Å². The van der Waals surface area contributed by atoms with Crippen LogP contribution in [0.15, 0.2) is 218 Å². The SMILES string of the molecule is c1ccc(-c2cc(-c3ccc4ccccc4c3)nc(-c3ccccc3-n3c4ccccc4c4c5c6ccccc6n(-c6ccccc6-c6ccccc6)c5ccc43)n2)cc1. The summed E-state index contributed by atoms with van der Waals surface area (Å²) in [6.07, 6.45) is 0. The van der Waals surface area contributed by atoms with Crippen LogP contribution in [0.3, 0.4) is 0 Å². The van der Waals surface area contributed by atoms with Crippen LogP contribution in [0.1, 0.15) is 0 Å². The lowest BCUT2D eigenvalue weighted by atomic mass is 10.0. The van der Waals surface area contributed by atoms with E-state index < -0.39 is 0 Å². The van der Waals surface area contributed by atoms with Crippen LogP contribution in [0.2, 0.25) is 0 Å². The predicted octanol–water partition coefficient (Wildman–Crippen LogP) is 14.5. The van der Waals surface area contributed by atoms with E-state index in [0.717, 1.165) is 50.5 Å². The Bertz CT molecular complexity index is 3600. The zero-order valence-corrected chi connectivity index (χ0v) is 32.6. The van der Waals surface area contributed by atoms with Crippen LogP contribution in [0, 0.1) is 0 Å². The molecule has 3 aromatic heterocycles. The maximum absolute atomic E-state index is 5.37. The van der Waals surface area contributed by atoms with E-state index in [-0.39, 0.29) is 0 Å². The number of aromatic nitrogens is 4. The molecule has 0 N–H and O–H groups in total. The minimum atomic E-state index is 0.677. The summed E-state index contributed by atoms with van der Waals surface area (Å²) < 4.78 is 4.86. The predicted molar refractivity (Wildman–Crippen MR) is 250 cm³/mol. The minimum absolute atomic E-state index is 0.677. The highest BCUT2D eigenvalue weighted by atomic mass is 15.0. The summed E-state index contributed by atoms with van der Waals surface area (Å²) in [5.41, 5.74) is 14.0. The van der Waals surface area contributed by atoms with Crippen molar-refractivity contribution in [2.45, 2.75) is 0 Å². The van der Waals surface area contributed by atoms with Crippen molar-refractivity contribution in [1.82, 2.24) is 19.1 Å². The zero-order valence-electron chi connectivity index (χ0n) is 32.6. The summed E-state index contributed by atoms with van der Waals surface area (Å²) in [6.45, 7) is 0. The number of benzene rings is 9. The Kier molecular flexibility index (Phi) is 7.82. The van der Waals surface area contributed by atoms with Gasteiger partial charge in [0.15, 0.2) is 5.82 Å². The van der Waals surface area contributed by atoms with Gasteiger partial charge >= 0.3 is 0 Å². The van der Waals surface area contributed by atoms with E-state index in [0.29, 0.717) is 5.82 Å². The highest BCUT2D eigenvalue weighted by Gasteiger charge is 2.23. The van der Waals surface area contributed by atoms with Crippen molar-refractivity contribution in [3.63, 3.8) is 0 Å². The van der Waals surface area contributed by atoms with Gasteiger partial charge in [-0.3, -0.25) is 0 Å². The molecule has 0 unspecified atom stereocenters. The third kappa shape index (κ3) is 5.39. The van der Waals surface area contributed by atoms with E-state index in [4.69, 9.17) is 9.97 Å². The first-order valence-electron chi connectivity index (χ1n) is 20.4. The average Bonchev–Trinajstić information content (AvgIpc) is 3.84. The molecular formula is C56H36N4. The Morgan fingerprint density at radius 3 is 1.43 bits per heavy atom. The molecule has 0 saturated heterocycles. The Morgan fingerprint density at radius 2 is 0.783 bits per heavy atom. The highest BCUT2D eigenvalue weighted by molar-refractivity contribution is 6.29. The summed E-state index contributed by atoms with van der Waals surface area (Å²) >= 11 is 0. The molecule has 0 amide bonds. The molecule has 4 heteroatoms. The number of nitrogens with zero attached hydrogens (tertiary/aromatic N) is 4. The van der Waals surface area contributed by atoms with E-state index in [1.54, 1.807) is 0 Å². The molecule has 12 aromatic rings. The molecule has 9 aromatic carbocycles. The quantitative estimate of drug-likeness (QED) is 0.169. The molecule has 0 aliphatic rings. The zero-order chi connectivity index (χ0) is 39.6. The molecule has 0 fully saturated rings. The summed E-state index contributed by atoms with van der Waals surface area (Å²) in [4.78, 5) is 10.7. The maximum Gasteiger partial charge on any atom is 0.162 e. The van der Waals surface area contributed by atoms with Gasteiger partial charge in [0.05, 0.1) is 44.8 Å². The van der Waals surface area contributed by atoms with Crippen molar-refractivity contribution in [3.8, 4) is 56.4 Å². The van der Waals surface area contributed by atoms with Crippen molar-refractivity contribution in [1.29, 1.82) is 0 Å². The number of hydrogen-bond donors (Lipinski definition) is 0. The number of rotatable bonds is 6. The summed E-state index contributed by atoms with van der Waals surface area (Å²) in [5, 5.41) is 7.26. The van der Waals surface area contributed by atoms with Crippen molar-refractivity contribution >= 4 is 54.4 Å². The van der Waals surface area contributed by atoms with E-state index in [9.17, 15) is 0 Å². The molecule has 0 bridgehead atoms. The van der Waals surface area contributed by atoms with Crippen LogP contribution in [0.5, 0.6) is 0 Å². The fourth-order valence-corrected chi connectivity index (χ4v) is 9.25. The van der Waals surface area contributed by atoms with Crippen molar-refractivity contribution < 1.29 is 0 Å². The lowest BCUT2D eigenvalue weighted by Gasteiger charge is -2.15. The molecule has 0 aliphatic carbocycles. The molecule has 4 nitrogen and oxygen atoms in total. The largest absolute Gasteiger partial charge is 0.309 e. The Morgan fingerprint density at radius 1 is 0.300 bits per heavy atom. The van der Waals surface area contributed by atoms with Crippen molar-refractivity contribution in [3.05, 3.63) is 218 Å². The molecule has 0 atom stereocenters. The second-order valence-corrected chi connectivity index (χ2v) is 15.3. The standard InChI is InChI=1S/C56H36N4/c1-3-18-38(19-4-1)42-23-9-13-27-48(42)59-49-28-14-10-24-43(49)54-52(59)33-34-53-55(54)44-25-11-15-29-50(44)60(53)51-30-16-12-26-45(51)56-57-46(39-20-5-2-6-21-39)36-47(58-56)41-32-31-37-17-7-8-22-40(37)35-41/h1-36H. The highest BCUT2D eigenvalue weighted by Crippen LogP contribution is 2.44. The van der Waals surface area contributed by atoms with Gasteiger partial charge in [0, 0.05) is 43.8 Å². The van der Waals surface area contributed by atoms with Crippen molar-refractivity contribution in [2.24, 2.45) is 0 Å². The Balaban J connectivity index is 1.12. The van der Waals surface area contributed by atoms with Gasteiger partial charge in [-0.2, -0.15) is 0 Å². The van der Waals surface area contributed by atoms with E-state index >= 15 is 0 Å². The van der Waals surface area contributed by atoms with Gasteiger partial charge in [-0.05, 0) is 70.9 Å². The van der Waals surface area contributed by atoms with Gasteiger partial charge < -0.3 is 9.13 Å². The number of hydrogen-bond acceptors (Lipinski definition) is 2. The normalized spacial score (nSPS) is 11.7. The van der Waals surface area contributed by atoms with Gasteiger partial charge in [-0.15, -0.1) is 0 Å². The van der Waals surface area contributed by atoms with Crippen LogP contribution >= 0.6 is 0 Å². The number of para-hydroxylation sites is 4. The second kappa shape index (κ2) is 13.8.